The highest BCUT2D eigenvalue weighted by Crippen LogP contribution is 2.38. The Labute approximate surface area is 126 Å². The topological polar surface area (TPSA) is 72.8 Å². The first-order chi connectivity index (χ1) is 9.56. The predicted molar refractivity (Wildman–Crippen MR) is 82.8 cm³/mol. The second-order valence-corrected chi connectivity index (χ2v) is 11.1. The fourth-order valence-electron chi connectivity index (χ4n) is 1.36. The lowest BCUT2D eigenvalue weighted by molar-refractivity contribution is -0.139. The SMILES string of the molecule is CC(C)(C)[Si](C)(C)Oc1cc(OCC(=O)O)ccc1C=O. The fourth-order valence-corrected chi connectivity index (χ4v) is 2.40. The van der Waals surface area contributed by atoms with E-state index >= 15 is 0 Å². The average molecular weight is 310 g/mol. The number of hydrogen-bond acceptors (Lipinski definition) is 4. The second-order valence-electron chi connectivity index (χ2n) is 6.36. The number of aliphatic carboxylic acids is 1. The number of rotatable bonds is 6. The van der Waals surface area contributed by atoms with E-state index in [-0.39, 0.29) is 5.04 Å². The molecule has 0 saturated carbocycles. The molecule has 0 radical (unpaired) electrons. The molecule has 0 unspecified atom stereocenters. The van der Waals surface area contributed by atoms with E-state index in [0.717, 1.165) is 6.29 Å². The highest BCUT2D eigenvalue weighted by atomic mass is 28.4. The first kappa shape index (κ1) is 17.2. The molecule has 0 fully saturated rings. The van der Waals surface area contributed by atoms with Crippen molar-refractivity contribution in [2.24, 2.45) is 0 Å². The predicted octanol–water partition coefficient (Wildman–Crippen LogP) is 3.35. The lowest BCUT2D eigenvalue weighted by Gasteiger charge is -2.36. The van der Waals surface area contributed by atoms with Crippen molar-refractivity contribution in [3.63, 3.8) is 0 Å². The largest absolute Gasteiger partial charge is 0.543 e. The van der Waals surface area contributed by atoms with Crippen LogP contribution in [0.15, 0.2) is 18.2 Å². The quantitative estimate of drug-likeness (QED) is 0.644. The molecule has 0 bridgehead atoms. The maximum absolute atomic E-state index is 11.1. The molecule has 0 atom stereocenters. The van der Waals surface area contributed by atoms with Crippen LogP contribution >= 0.6 is 0 Å². The Morgan fingerprint density at radius 3 is 2.43 bits per heavy atom. The summed E-state index contributed by atoms with van der Waals surface area (Å²) in [7, 11) is -2.09. The molecule has 5 nitrogen and oxygen atoms in total. The van der Waals surface area contributed by atoms with Crippen LogP contribution < -0.4 is 9.16 Å². The molecule has 0 heterocycles. The molecule has 1 N–H and O–H groups in total. The molecule has 0 spiro atoms. The molecular weight excluding hydrogens is 288 g/mol. The van der Waals surface area contributed by atoms with Crippen molar-refractivity contribution in [2.45, 2.75) is 38.9 Å². The summed E-state index contributed by atoms with van der Waals surface area (Å²) < 4.78 is 11.2. The Balaban J connectivity index is 3.06. The van der Waals surface area contributed by atoms with Gasteiger partial charge in [-0.25, -0.2) is 4.79 Å². The van der Waals surface area contributed by atoms with Gasteiger partial charge >= 0.3 is 5.97 Å². The van der Waals surface area contributed by atoms with Crippen molar-refractivity contribution in [2.75, 3.05) is 6.61 Å². The van der Waals surface area contributed by atoms with Crippen LogP contribution in [-0.2, 0) is 4.79 Å². The van der Waals surface area contributed by atoms with Gasteiger partial charge in [-0.2, -0.15) is 0 Å². The Bertz CT molecular complexity index is 531. The van der Waals surface area contributed by atoms with Gasteiger partial charge in [0.25, 0.3) is 8.32 Å². The molecular formula is C15H22O5Si. The van der Waals surface area contributed by atoms with Crippen molar-refractivity contribution in [3.05, 3.63) is 23.8 Å². The van der Waals surface area contributed by atoms with Crippen LogP contribution in [-0.4, -0.2) is 32.3 Å². The van der Waals surface area contributed by atoms with Gasteiger partial charge in [0.15, 0.2) is 12.9 Å². The number of hydrogen-bond donors (Lipinski definition) is 1. The van der Waals surface area contributed by atoms with E-state index in [1.807, 2.05) is 0 Å². The first-order valence-corrected chi connectivity index (χ1v) is 9.60. The normalized spacial score (nSPS) is 11.9. The Hall–Kier alpha value is -1.82. The van der Waals surface area contributed by atoms with E-state index in [1.165, 1.54) is 0 Å². The van der Waals surface area contributed by atoms with Crippen LogP contribution in [0.25, 0.3) is 0 Å². The molecule has 21 heavy (non-hydrogen) atoms. The molecule has 6 heteroatoms. The van der Waals surface area contributed by atoms with Gasteiger partial charge in [-0.3, -0.25) is 4.79 Å². The molecule has 1 aromatic carbocycles. The third-order valence-corrected chi connectivity index (χ3v) is 7.99. The maximum atomic E-state index is 11.1. The summed E-state index contributed by atoms with van der Waals surface area (Å²) in [5.74, 6) is -0.238. The maximum Gasteiger partial charge on any atom is 0.341 e. The lowest BCUT2D eigenvalue weighted by atomic mass is 10.2. The number of ether oxygens (including phenoxy) is 1. The van der Waals surface area contributed by atoms with E-state index in [4.69, 9.17) is 14.3 Å². The number of carbonyl (C=O) groups excluding carboxylic acids is 1. The van der Waals surface area contributed by atoms with Crippen molar-refractivity contribution >= 4 is 20.6 Å². The molecule has 0 amide bonds. The summed E-state index contributed by atoms with van der Waals surface area (Å²) in [5.41, 5.74) is 0.433. The summed E-state index contributed by atoms with van der Waals surface area (Å²) in [6.45, 7) is 10.0. The van der Waals surface area contributed by atoms with Gasteiger partial charge in [-0.1, -0.05) is 20.8 Å². The second kappa shape index (κ2) is 6.30. The van der Waals surface area contributed by atoms with E-state index in [1.54, 1.807) is 18.2 Å². The molecule has 1 aromatic rings. The zero-order chi connectivity index (χ0) is 16.3. The number of benzene rings is 1. The van der Waals surface area contributed by atoms with E-state index in [0.29, 0.717) is 17.1 Å². The zero-order valence-electron chi connectivity index (χ0n) is 13.1. The minimum Gasteiger partial charge on any atom is -0.543 e. The van der Waals surface area contributed by atoms with Crippen molar-refractivity contribution < 1.29 is 23.9 Å². The average Bonchev–Trinajstić information content (AvgIpc) is 2.34. The summed E-state index contributed by atoms with van der Waals surface area (Å²) >= 11 is 0. The highest BCUT2D eigenvalue weighted by Gasteiger charge is 2.39. The van der Waals surface area contributed by atoms with Crippen LogP contribution in [0.5, 0.6) is 11.5 Å². The standard InChI is InChI=1S/C15H22O5Si/c1-15(2,3)21(4,5)20-13-8-12(19-10-14(17)18)7-6-11(13)9-16/h6-9H,10H2,1-5H3,(H,17,18). The number of carboxylic acid groups (broad SMARTS) is 1. The van der Waals surface area contributed by atoms with Gasteiger partial charge in [0, 0.05) is 6.07 Å². The van der Waals surface area contributed by atoms with Crippen LogP contribution in [0.1, 0.15) is 31.1 Å². The highest BCUT2D eigenvalue weighted by molar-refractivity contribution is 6.74. The minimum absolute atomic E-state index is 0.00885. The Morgan fingerprint density at radius 2 is 1.95 bits per heavy atom. The number of carboxylic acids is 1. The van der Waals surface area contributed by atoms with Crippen LogP contribution in [0.3, 0.4) is 0 Å². The van der Waals surface area contributed by atoms with Gasteiger partial charge in [0.05, 0.1) is 5.56 Å². The van der Waals surface area contributed by atoms with Crippen LogP contribution in [0.2, 0.25) is 18.1 Å². The number of aldehydes is 1. The van der Waals surface area contributed by atoms with Crippen molar-refractivity contribution in [1.29, 1.82) is 0 Å². The lowest BCUT2D eigenvalue weighted by Crippen LogP contribution is -2.44. The van der Waals surface area contributed by atoms with Crippen LogP contribution in [0, 0.1) is 0 Å². The molecule has 0 saturated heterocycles. The Morgan fingerprint density at radius 1 is 1.33 bits per heavy atom. The van der Waals surface area contributed by atoms with Crippen LogP contribution in [0.4, 0.5) is 0 Å². The van der Waals surface area contributed by atoms with Gasteiger partial charge in [-0.15, -0.1) is 0 Å². The number of carbonyl (C=O) groups is 2. The van der Waals surface area contributed by atoms with E-state index in [9.17, 15) is 9.59 Å². The van der Waals surface area contributed by atoms with Gasteiger partial charge in [-0.05, 0) is 30.3 Å². The summed E-state index contributed by atoms with van der Waals surface area (Å²) in [4.78, 5) is 21.7. The van der Waals surface area contributed by atoms with Gasteiger partial charge in [0.2, 0.25) is 0 Å². The Kier molecular flexibility index (Phi) is 5.17. The summed E-state index contributed by atoms with van der Waals surface area (Å²) in [6.07, 6.45) is 0.726. The summed E-state index contributed by atoms with van der Waals surface area (Å²) in [5, 5.41) is 8.62. The van der Waals surface area contributed by atoms with Gasteiger partial charge < -0.3 is 14.3 Å². The van der Waals surface area contributed by atoms with Crippen molar-refractivity contribution in [3.8, 4) is 11.5 Å². The molecule has 116 valence electrons. The zero-order valence-corrected chi connectivity index (χ0v) is 14.1. The van der Waals surface area contributed by atoms with Gasteiger partial charge in [0.1, 0.15) is 11.5 Å². The third-order valence-electron chi connectivity index (χ3n) is 3.65. The van der Waals surface area contributed by atoms with E-state index in [2.05, 4.69) is 33.9 Å². The summed E-state index contributed by atoms with van der Waals surface area (Å²) in [6, 6.07) is 4.71. The molecule has 0 aliphatic heterocycles. The molecule has 0 aliphatic rings. The van der Waals surface area contributed by atoms with Crippen molar-refractivity contribution in [1.82, 2.24) is 0 Å². The molecule has 0 aromatic heterocycles. The first-order valence-electron chi connectivity index (χ1n) is 6.69. The smallest absolute Gasteiger partial charge is 0.341 e. The fraction of sp³-hybridized carbons (Fsp3) is 0.467. The third kappa shape index (κ3) is 4.59. The monoisotopic (exact) mass is 310 g/mol. The minimum atomic E-state index is -2.09. The molecule has 1 rings (SSSR count). The molecule has 0 aliphatic carbocycles. The van der Waals surface area contributed by atoms with E-state index < -0.39 is 20.9 Å².